The van der Waals surface area contributed by atoms with Gasteiger partial charge in [0.2, 0.25) is 11.9 Å². The van der Waals surface area contributed by atoms with E-state index < -0.39 is 5.97 Å². The van der Waals surface area contributed by atoms with Gasteiger partial charge in [0, 0.05) is 18.9 Å². The molecular formula is C11H14N4O3. The molecule has 0 aliphatic carbocycles. The van der Waals surface area contributed by atoms with Crippen LogP contribution in [0.2, 0.25) is 0 Å². The number of amides is 1. The van der Waals surface area contributed by atoms with E-state index in [0.717, 1.165) is 6.42 Å². The first kappa shape index (κ1) is 12.3. The van der Waals surface area contributed by atoms with Crippen molar-refractivity contribution in [3.63, 3.8) is 0 Å². The SMILES string of the molecule is O=C(O)CNC(=O)C1CCCN1c1ncccn1. The molecule has 1 amide bonds. The van der Waals surface area contributed by atoms with Gasteiger partial charge >= 0.3 is 5.97 Å². The molecule has 1 atom stereocenters. The molecule has 2 rings (SSSR count). The van der Waals surface area contributed by atoms with Crippen LogP contribution in [0.25, 0.3) is 0 Å². The second kappa shape index (κ2) is 5.44. The number of nitrogens with one attached hydrogen (secondary N) is 1. The summed E-state index contributed by atoms with van der Waals surface area (Å²) in [7, 11) is 0. The standard InChI is InChI=1S/C11H14N4O3/c16-9(17)7-14-10(18)8-3-1-6-15(8)11-12-4-2-5-13-11/h2,4-5,8H,1,3,6-7H2,(H,14,18)(H,16,17). The smallest absolute Gasteiger partial charge is 0.322 e. The summed E-state index contributed by atoms with van der Waals surface area (Å²) >= 11 is 0. The van der Waals surface area contributed by atoms with E-state index in [4.69, 9.17) is 5.11 Å². The first-order valence-corrected chi connectivity index (χ1v) is 5.71. The maximum Gasteiger partial charge on any atom is 0.322 e. The maximum atomic E-state index is 11.9. The predicted octanol–water partition coefficient (Wildman–Crippen LogP) is -0.354. The van der Waals surface area contributed by atoms with Gasteiger partial charge in [-0.2, -0.15) is 0 Å². The molecule has 1 aliphatic heterocycles. The van der Waals surface area contributed by atoms with Crippen molar-refractivity contribution in [1.29, 1.82) is 0 Å². The van der Waals surface area contributed by atoms with Gasteiger partial charge in [-0.25, -0.2) is 9.97 Å². The van der Waals surface area contributed by atoms with Crippen molar-refractivity contribution in [1.82, 2.24) is 15.3 Å². The Morgan fingerprint density at radius 3 is 2.83 bits per heavy atom. The Balaban J connectivity index is 2.03. The second-order valence-corrected chi connectivity index (χ2v) is 4.01. The van der Waals surface area contributed by atoms with Crippen molar-refractivity contribution >= 4 is 17.8 Å². The normalized spacial score (nSPS) is 18.7. The van der Waals surface area contributed by atoms with Crippen LogP contribution in [0.3, 0.4) is 0 Å². The number of carboxylic acids is 1. The minimum Gasteiger partial charge on any atom is -0.480 e. The van der Waals surface area contributed by atoms with Gasteiger partial charge in [0.25, 0.3) is 0 Å². The molecule has 1 unspecified atom stereocenters. The van der Waals surface area contributed by atoms with Crippen molar-refractivity contribution < 1.29 is 14.7 Å². The molecule has 7 heteroatoms. The molecular weight excluding hydrogens is 236 g/mol. The molecule has 1 aliphatic rings. The fraction of sp³-hybridized carbons (Fsp3) is 0.455. The highest BCUT2D eigenvalue weighted by molar-refractivity contribution is 5.87. The summed E-state index contributed by atoms with van der Waals surface area (Å²) in [6, 6.07) is 1.32. The molecule has 1 aromatic heterocycles. The zero-order valence-corrected chi connectivity index (χ0v) is 9.74. The Kier molecular flexibility index (Phi) is 3.71. The third-order valence-corrected chi connectivity index (χ3v) is 2.78. The number of anilines is 1. The zero-order valence-electron chi connectivity index (χ0n) is 9.74. The number of hydrogen-bond donors (Lipinski definition) is 2. The lowest BCUT2D eigenvalue weighted by Gasteiger charge is -2.23. The molecule has 7 nitrogen and oxygen atoms in total. The topological polar surface area (TPSA) is 95.4 Å². The van der Waals surface area contributed by atoms with Crippen LogP contribution in [0, 0.1) is 0 Å². The van der Waals surface area contributed by atoms with Crippen LogP contribution >= 0.6 is 0 Å². The fourth-order valence-corrected chi connectivity index (χ4v) is 2.00. The van der Waals surface area contributed by atoms with Gasteiger partial charge in [-0.05, 0) is 18.9 Å². The largest absolute Gasteiger partial charge is 0.480 e. The quantitative estimate of drug-likeness (QED) is 0.758. The van der Waals surface area contributed by atoms with Gasteiger partial charge in [0.05, 0.1) is 0 Å². The number of aliphatic carboxylic acids is 1. The number of carbonyl (C=O) groups excluding carboxylic acids is 1. The van der Waals surface area contributed by atoms with E-state index in [1.54, 1.807) is 23.4 Å². The highest BCUT2D eigenvalue weighted by Gasteiger charge is 2.32. The molecule has 0 radical (unpaired) electrons. The summed E-state index contributed by atoms with van der Waals surface area (Å²) in [5.41, 5.74) is 0. The molecule has 0 spiro atoms. The van der Waals surface area contributed by atoms with Gasteiger partial charge in [0.15, 0.2) is 0 Å². The predicted molar refractivity (Wildman–Crippen MR) is 63.0 cm³/mol. The maximum absolute atomic E-state index is 11.9. The van der Waals surface area contributed by atoms with Crippen LogP contribution in [0.4, 0.5) is 5.95 Å². The number of carboxylic acid groups (broad SMARTS) is 1. The lowest BCUT2D eigenvalue weighted by molar-refractivity contribution is -0.138. The molecule has 0 bridgehead atoms. The highest BCUT2D eigenvalue weighted by atomic mass is 16.4. The summed E-state index contributed by atoms with van der Waals surface area (Å²) < 4.78 is 0. The Hall–Kier alpha value is -2.18. The van der Waals surface area contributed by atoms with Gasteiger partial charge in [-0.1, -0.05) is 0 Å². The van der Waals surface area contributed by atoms with Crippen molar-refractivity contribution in [3.8, 4) is 0 Å². The summed E-state index contributed by atoms with van der Waals surface area (Å²) in [6.07, 6.45) is 4.78. The number of hydrogen-bond acceptors (Lipinski definition) is 5. The second-order valence-electron chi connectivity index (χ2n) is 4.01. The lowest BCUT2D eigenvalue weighted by atomic mass is 10.2. The molecule has 18 heavy (non-hydrogen) atoms. The van der Waals surface area contributed by atoms with Crippen LogP contribution in [0.1, 0.15) is 12.8 Å². The minimum atomic E-state index is -1.05. The van der Waals surface area contributed by atoms with Crippen LogP contribution in [0.15, 0.2) is 18.5 Å². The van der Waals surface area contributed by atoms with Gasteiger partial charge in [0.1, 0.15) is 12.6 Å². The van der Waals surface area contributed by atoms with E-state index >= 15 is 0 Å². The van der Waals surface area contributed by atoms with Crippen molar-refractivity contribution in [3.05, 3.63) is 18.5 Å². The van der Waals surface area contributed by atoms with Crippen LogP contribution in [-0.4, -0.2) is 46.1 Å². The number of carbonyl (C=O) groups is 2. The Bertz CT molecular complexity index is 437. The third-order valence-electron chi connectivity index (χ3n) is 2.78. The molecule has 0 saturated carbocycles. The Morgan fingerprint density at radius 2 is 2.17 bits per heavy atom. The summed E-state index contributed by atoms with van der Waals surface area (Å²) in [5, 5.41) is 10.9. The van der Waals surface area contributed by atoms with Crippen LogP contribution in [-0.2, 0) is 9.59 Å². The van der Waals surface area contributed by atoms with Crippen molar-refractivity contribution in [2.75, 3.05) is 18.0 Å². The van der Waals surface area contributed by atoms with E-state index in [9.17, 15) is 9.59 Å². The van der Waals surface area contributed by atoms with Gasteiger partial charge in [-0.15, -0.1) is 0 Å². The van der Waals surface area contributed by atoms with Crippen LogP contribution in [0.5, 0.6) is 0 Å². The summed E-state index contributed by atoms with van der Waals surface area (Å²) in [5.74, 6) is -0.836. The molecule has 0 aromatic carbocycles. The number of aromatic nitrogens is 2. The van der Waals surface area contributed by atoms with Gasteiger partial charge in [-0.3, -0.25) is 9.59 Å². The van der Waals surface area contributed by atoms with Crippen molar-refractivity contribution in [2.24, 2.45) is 0 Å². The zero-order chi connectivity index (χ0) is 13.0. The van der Waals surface area contributed by atoms with E-state index in [0.29, 0.717) is 18.9 Å². The number of nitrogens with zero attached hydrogens (tertiary/aromatic N) is 3. The first-order valence-electron chi connectivity index (χ1n) is 5.71. The summed E-state index contributed by atoms with van der Waals surface area (Å²) in [6.45, 7) is 0.341. The molecule has 96 valence electrons. The van der Waals surface area contributed by atoms with E-state index in [1.165, 1.54) is 0 Å². The number of rotatable bonds is 4. The molecule has 2 heterocycles. The fourth-order valence-electron chi connectivity index (χ4n) is 2.00. The van der Waals surface area contributed by atoms with Gasteiger partial charge < -0.3 is 15.3 Å². The average Bonchev–Trinajstić information content (AvgIpc) is 2.86. The molecule has 2 N–H and O–H groups in total. The van der Waals surface area contributed by atoms with Crippen molar-refractivity contribution in [2.45, 2.75) is 18.9 Å². The Labute approximate surface area is 104 Å². The Morgan fingerprint density at radius 1 is 1.44 bits per heavy atom. The first-order chi connectivity index (χ1) is 8.68. The lowest BCUT2D eigenvalue weighted by Crippen LogP contribution is -2.45. The third kappa shape index (κ3) is 2.73. The summed E-state index contributed by atoms with van der Waals surface area (Å²) in [4.78, 5) is 32.3. The van der Waals surface area contributed by atoms with E-state index in [2.05, 4.69) is 15.3 Å². The average molecular weight is 250 g/mol. The van der Waals surface area contributed by atoms with E-state index in [-0.39, 0.29) is 18.5 Å². The molecule has 1 saturated heterocycles. The molecule has 1 aromatic rings. The molecule has 1 fully saturated rings. The minimum absolute atomic E-state index is 0.289. The monoisotopic (exact) mass is 250 g/mol. The van der Waals surface area contributed by atoms with E-state index in [1.807, 2.05) is 0 Å². The van der Waals surface area contributed by atoms with Crippen LogP contribution < -0.4 is 10.2 Å². The highest BCUT2D eigenvalue weighted by Crippen LogP contribution is 2.21.